The molecular formula is C30H33Cl3N2O3. The number of hydrogen-bond donors (Lipinski definition) is 1. The minimum Gasteiger partial charge on any atom is -0.484 e. The second-order valence-electron chi connectivity index (χ2n) is 9.27. The van der Waals surface area contributed by atoms with Gasteiger partial charge in [-0.3, -0.25) is 9.59 Å². The summed E-state index contributed by atoms with van der Waals surface area (Å²) in [4.78, 5) is 28.8. The van der Waals surface area contributed by atoms with Crippen molar-refractivity contribution in [3.8, 4) is 5.75 Å². The Morgan fingerprint density at radius 1 is 0.974 bits per heavy atom. The third kappa shape index (κ3) is 8.39. The fourth-order valence-corrected chi connectivity index (χ4v) is 4.69. The summed E-state index contributed by atoms with van der Waals surface area (Å²) >= 11 is 18.9. The molecule has 0 spiro atoms. The van der Waals surface area contributed by atoms with Crippen LogP contribution in [0.4, 0.5) is 0 Å². The van der Waals surface area contributed by atoms with Crippen molar-refractivity contribution in [2.75, 3.05) is 13.2 Å². The van der Waals surface area contributed by atoms with E-state index in [9.17, 15) is 9.59 Å². The summed E-state index contributed by atoms with van der Waals surface area (Å²) < 4.78 is 5.90. The molecule has 8 heteroatoms. The summed E-state index contributed by atoms with van der Waals surface area (Å²) in [5, 5.41) is 4.58. The number of nitrogens with one attached hydrogen (secondary N) is 1. The Labute approximate surface area is 240 Å². The Morgan fingerprint density at radius 2 is 1.66 bits per heavy atom. The third-order valence-corrected chi connectivity index (χ3v) is 7.41. The standard InChI is InChI=1S/C30H33Cl3N2O3/c1-4-5-13-34-30(37)27(16-22-9-7-6-8-10-22)35(18-23-11-12-24(31)17-26(23)32)28(36)19-38-25-14-20(2)29(33)21(3)15-25/h6-12,14-15,17,27H,4-5,13,16,18-19H2,1-3H3,(H,34,37)/t27-/m1/s1. The van der Waals surface area contributed by atoms with Gasteiger partial charge in [0.2, 0.25) is 5.91 Å². The van der Waals surface area contributed by atoms with Gasteiger partial charge in [-0.2, -0.15) is 0 Å². The van der Waals surface area contributed by atoms with Crippen LogP contribution in [0.2, 0.25) is 15.1 Å². The average Bonchev–Trinajstić information content (AvgIpc) is 2.89. The molecule has 0 saturated heterocycles. The first-order valence-corrected chi connectivity index (χ1v) is 13.8. The zero-order valence-electron chi connectivity index (χ0n) is 21.9. The van der Waals surface area contributed by atoms with E-state index < -0.39 is 6.04 Å². The number of carbonyl (C=O) groups excluding carboxylic acids is 2. The molecule has 0 saturated carbocycles. The maximum atomic E-state index is 13.7. The SMILES string of the molecule is CCCCNC(=O)[C@@H](Cc1ccccc1)N(Cc1ccc(Cl)cc1Cl)C(=O)COc1cc(C)c(Cl)c(C)c1. The number of unbranched alkanes of at least 4 members (excludes halogenated alkanes) is 1. The van der Waals surface area contributed by atoms with E-state index in [1.54, 1.807) is 35.2 Å². The van der Waals surface area contributed by atoms with Crippen molar-refractivity contribution < 1.29 is 14.3 Å². The summed E-state index contributed by atoms with van der Waals surface area (Å²) in [6.45, 7) is 6.23. The number of benzene rings is 3. The summed E-state index contributed by atoms with van der Waals surface area (Å²) in [5.41, 5.74) is 3.34. The molecule has 3 aromatic rings. The molecule has 2 amide bonds. The highest BCUT2D eigenvalue weighted by atomic mass is 35.5. The fraction of sp³-hybridized carbons (Fsp3) is 0.333. The van der Waals surface area contributed by atoms with Gasteiger partial charge in [-0.25, -0.2) is 0 Å². The average molecular weight is 576 g/mol. The van der Waals surface area contributed by atoms with Crippen LogP contribution in [0.1, 0.15) is 42.0 Å². The molecule has 38 heavy (non-hydrogen) atoms. The summed E-state index contributed by atoms with van der Waals surface area (Å²) in [5.74, 6) is -0.0269. The van der Waals surface area contributed by atoms with Crippen LogP contribution >= 0.6 is 34.8 Å². The van der Waals surface area contributed by atoms with Crippen molar-refractivity contribution >= 4 is 46.6 Å². The van der Waals surface area contributed by atoms with Crippen LogP contribution in [0, 0.1) is 13.8 Å². The van der Waals surface area contributed by atoms with Crippen LogP contribution < -0.4 is 10.1 Å². The lowest BCUT2D eigenvalue weighted by molar-refractivity contribution is -0.142. The van der Waals surface area contributed by atoms with Gasteiger partial charge in [0.15, 0.2) is 6.61 Å². The molecule has 0 aliphatic carbocycles. The molecule has 0 aliphatic rings. The molecule has 202 valence electrons. The van der Waals surface area contributed by atoms with Gasteiger partial charge >= 0.3 is 0 Å². The normalized spacial score (nSPS) is 11.6. The molecule has 0 aromatic heterocycles. The summed E-state index contributed by atoms with van der Waals surface area (Å²) in [6.07, 6.45) is 2.13. The zero-order valence-corrected chi connectivity index (χ0v) is 24.2. The molecule has 0 radical (unpaired) electrons. The van der Waals surface area contributed by atoms with Gasteiger partial charge in [0.1, 0.15) is 11.8 Å². The molecule has 1 N–H and O–H groups in total. The van der Waals surface area contributed by atoms with Gasteiger partial charge in [0.25, 0.3) is 5.91 Å². The van der Waals surface area contributed by atoms with Crippen molar-refractivity contribution in [1.82, 2.24) is 10.2 Å². The molecule has 0 fully saturated rings. The van der Waals surface area contributed by atoms with Crippen molar-refractivity contribution in [1.29, 1.82) is 0 Å². The molecule has 3 rings (SSSR count). The maximum absolute atomic E-state index is 13.7. The predicted molar refractivity (Wildman–Crippen MR) is 155 cm³/mol. The quantitative estimate of drug-likeness (QED) is 0.232. The third-order valence-electron chi connectivity index (χ3n) is 6.23. The summed E-state index contributed by atoms with van der Waals surface area (Å²) in [6, 6.07) is 17.6. The van der Waals surface area contributed by atoms with Crippen molar-refractivity contribution in [2.45, 2.75) is 52.6 Å². The molecule has 0 unspecified atom stereocenters. The minimum absolute atomic E-state index is 0.121. The van der Waals surface area contributed by atoms with Crippen molar-refractivity contribution in [3.05, 3.63) is 98.0 Å². The molecule has 5 nitrogen and oxygen atoms in total. The molecular weight excluding hydrogens is 543 g/mol. The molecule has 1 atom stereocenters. The topological polar surface area (TPSA) is 58.6 Å². The number of rotatable bonds is 12. The van der Waals surface area contributed by atoms with E-state index in [2.05, 4.69) is 12.2 Å². The van der Waals surface area contributed by atoms with E-state index in [-0.39, 0.29) is 25.0 Å². The highest BCUT2D eigenvalue weighted by Crippen LogP contribution is 2.27. The van der Waals surface area contributed by atoms with Crippen LogP contribution in [0.3, 0.4) is 0 Å². The Hall–Kier alpha value is -2.73. The lowest BCUT2D eigenvalue weighted by atomic mass is 10.0. The largest absolute Gasteiger partial charge is 0.484 e. The maximum Gasteiger partial charge on any atom is 0.261 e. The Kier molecular flexibility index (Phi) is 11.3. The molecule has 0 bridgehead atoms. The van der Waals surface area contributed by atoms with Gasteiger partial charge < -0.3 is 15.0 Å². The van der Waals surface area contributed by atoms with Gasteiger partial charge in [-0.15, -0.1) is 0 Å². The highest BCUT2D eigenvalue weighted by Gasteiger charge is 2.31. The Morgan fingerprint density at radius 3 is 2.29 bits per heavy atom. The van der Waals surface area contributed by atoms with E-state index in [1.165, 1.54) is 0 Å². The fourth-order valence-electron chi connectivity index (χ4n) is 4.11. The Bertz CT molecular complexity index is 1230. The van der Waals surface area contributed by atoms with Crippen LogP contribution in [-0.4, -0.2) is 35.9 Å². The number of nitrogens with zero attached hydrogens (tertiary/aromatic N) is 1. The van der Waals surface area contributed by atoms with E-state index in [4.69, 9.17) is 39.5 Å². The monoisotopic (exact) mass is 574 g/mol. The number of aryl methyl sites for hydroxylation is 2. The van der Waals surface area contributed by atoms with Crippen LogP contribution in [-0.2, 0) is 22.6 Å². The van der Waals surface area contributed by atoms with Crippen LogP contribution in [0.5, 0.6) is 5.75 Å². The zero-order chi connectivity index (χ0) is 27.7. The molecule has 0 heterocycles. The second-order valence-corrected chi connectivity index (χ2v) is 10.5. The number of halogens is 3. The van der Waals surface area contributed by atoms with E-state index in [0.717, 1.165) is 29.5 Å². The van der Waals surface area contributed by atoms with Gasteiger partial charge in [0.05, 0.1) is 0 Å². The highest BCUT2D eigenvalue weighted by molar-refractivity contribution is 6.35. The smallest absolute Gasteiger partial charge is 0.261 e. The second kappa shape index (κ2) is 14.4. The van der Waals surface area contributed by atoms with Crippen molar-refractivity contribution in [2.24, 2.45) is 0 Å². The number of ether oxygens (including phenoxy) is 1. The lowest BCUT2D eigenvalue weighted by Gasteiger charge is -2.32. The van der Waals surface area contributed by atoms with Gasteiger partial charge in [-0.05, 0) is 66.8 Å². The minimum atomic E-state index is -0.772. The van der Waals surface area contributed by atoms with E-state index >= 15 is 0 Å². The number of amides is 2. The first kappa shape index (κ1) is 29.8. The van der Waals surface area contributed by atoms with E-state index in [1.807, 2.05) is 44.2 Å². The number of carbonyl (C=O) groups is 2. The van der Waals surface area contributed by atoms with Crippen molar-refractivity contribution in [3.63, 3.8) is 0 Å². The summed E-state index contributed by atoms with van der Waals surface area (Å²) in [7, 11) is 0. The lowest BCUT2D eigenvalue weighted by Crippen LogP contribution is -2.51. The van der Waals surface area contributed by atoms with Crippen LogP contribution in [0.25, 0.3) is 0 Å². The predicted octanol–water partition coefficient (Wildman–Crippen LogP) is 7.20. The van der Waals surface area contributed by atoms with Crippen LogP contribution in [0.15, 0.2) is 60.7 Å². The first-order valence-electron chi connectivity index (χ1n) is 12.6. The molecule has 3 aromatic carbocycles. The van der Waals surface area contributed by atoms with Gasteiger partial charge in [-0.1, -0.05) is 84.5 Å². The molecule has 0 aliphatic heterocycles. The van der Waals surface area contributed by atoms with E-state index in [0.29, 0.717) is 39.3 Å². The number of hydrogen-bond acceptors (Lipinski definition) is 3. The Balaban J connectivity index is 1.93. The first-order chi connectivity index (χ1) is 18.2. The van der Waals surface area contributed by atoms with Gasteiger partial charge in [0, 0.05) is 34.6 Å².